The number of anilines is 1. The summed E-state index contributed by atoms with van der Waals surface area (Å²) in [4.78, 5) is 26.5. The lowest BCUT2D eigenvalue weighted by Crippen LogP contribution is -2.36. The molecular formula is C10H11ClN4O2. The highest BCUT2D eigenvalue weighted by Crippen LogP contribution is 2.12. The minimum Gasteiger partial charge on any atom is -0.384 e. The van der Waals surface area contributed by atoms with Gasteiger partial charge in [0.05, 0.1) is 6.04 Å². The average molecular weight is 255 g/mol. The zero-order valence-corrected chi connectivity index (χ0v) is 9.62. The molecule has 0 bridgehead atoms. The second-order valence-electron chi connectivity index (χ2n) is 3.78. The molecule has 1 aromatic rings. The van der Waals surface area contributed by atoms with E-state index in [4.69, 9.17) is 17.3 Å². The number of carbonyl (C=O) groups excluding carboxylic acids is 2. The molecule has 2 amide bonds. The number of nitrogens with one attached hydrogen (secondary N) is 2. The molecule has 1 saturated heterocycles. The number of amides is 2. The highest BCUT2D eigenvalue weighted by atomic mass is 35.5. The molecule has 2 rings (SSSR count). The number of nitrogens with two attached hydrogens (primary N) is 1. The van der Waals surface area contributed by atoms with Crippen LogP contribution < -0.4 is 16.4 Å². The molecule has 1 fully saturated rings. The van der Waals surface area contributed by atoms with Gasteiger partial charge in [-0.15, -0.1) is 0 Å². The van der Waals surface area contributed by atoms with Crippen LogP contribution in [0.25, 0.3) is 0 Å². The van der Waals surface area contributed by atoms with Crippen LogP contribution in [0, 0.1) is 0 Å². The molecule has 0 spiro atoms. The molecule has 0 aromatic carbocycles. The topological polar surface area (TPSA) is 97.1 Å². The van der Waals surface area contributed by atoms with Crippen LogP contribution in [0.1, 0.15) is 16.8 Å². The Hall–Kier alpha value is -1.82. The van der Waals surface area contributed by atoms with Crippen molar-refractivity contribution in [1.82, 2.24) is 15.6 Å². The fourth-order valence-electron chi connectivity index (χ4n) is 1.62. The van der Waals surface area contributed by atoms with Crippen molar-refractivity contribution in [3.8, 4) is 0 Å². The van der Waals surface area contributed by atoms with E-state index in [0.717, 1.165) is 0 Å². The van der Waals surface area contributed by atoms with Gasteiger partial charge in [0, 0.05) is 18.5 Å². The Kier molecular flexibility index (Phi) is 3.14. The fraction of sp³-hybridized carbons (Fsp3) is 0.300. The van der Waals surface area contributed by atoms with Crippen LogP contribution in [0.2, 0.25) is 5.15 Å². The smallest absolute Gasteiger partial charge is 0.251 e. The van der Waals surface area contributed by atoms with Gasteiger partial charge in [-0.2, -0.15) is 0 Å². The molecule has 2 heterocycles. The number of pyridine rings is 1. The first-order valence-corrected chi connectivity index (χ1v) is 5.43. The third kappa shape index (κ3) is 2.85. The van der Waals surface area contributed by atoms with Crippen molar-refractivity contribution < 1.29 is 9.59 Å². The predicted octanol–water partition coefficient (Wildman–Crippen LogP) is -0.0645. The summed E-state index contributed by atoms with van der Waals surface area (Å²) >= 11 is 5.70. The quantitative estimate of drug-likeness (QED) is 0.644. The Bertz CT molecular complexity index is 457. The van der Waals surface area contributed by atoms with Gasteiger partial charge >= 0.3 is 0 Å². The highest BCUT2D eigenvalue weighted by Gasteiger charge is 2.23. The third-order valence-electron chi connectivity index (χ3n) is 2.39. The van der Waals surface area contributed by atoms with Gasteiger partial charge in [0.15, 0.2) is 0 Å². The lowest BCUT2D eigenvalue weighted by atomic mass is 10.2. The van der Waals surface area contributed by atoms with Crippen molar-refractivity contribution in [2.24, 2.45) is 0 Å². The number of hydrogen-bond acceptors (Lipinski definition) is 4. The number of aromatic nitrogens is 1. The zero-order valence-electron chi connectivity index (χ0n) is 8.87. The largest absolute Gasteiger partial charge is 0.384 e. The van der Waals surface area contributed by atoms with E-state index >= 15 is 0 Å². The molecule has 4 N–H and O–H groups in total. The number of hydrogen-bond donors (Lipinski definition) is 3. The van der Waals surface area contributed by atoms with E-state index in [0.29, 0.717) is 18.5 Å². The number of rotatable bonds is 2. The maximum absolute atomic E-state index is 11.8. The molecule has 6 nitrogen and oxygen atoms in total. The van der Waals surface area contributed by atoms with E-state index < -0.39 is 0 Å². The zero-order chi connectivity index (χ0) is 12.4. The Morgan fingerprint density at radius 2 is 2.35 bits per heavy atom. The van der Waals surface area contributed by atoms with E-state index in [-0.39, 0.29) is 28.8 Å². The minimum atomic E-state index is -0.317. The molecule has 0 radical (unpaired) electrons. The number of nitrogens with zero attached hydrogens (tertiary/aromatic N) is 1. The Morgan fingerprint density at radius 1 is 1.59 bits per heavy atom. The maximum atomic E-state index is 11.8. The summed E-state index contributed by atoms with van der Waals surface area (Å²) in [5.74, 6) is -0.201. The second-order valence-corrected chi connectivity index (χ2v) is 4.17. The number of halogens is 1. The van der Waals surface area contributed by atoms with Crippen LogP contribution in [-0.4, -0.2) is 29.4 Å². The Balaban J connectivity index is 2.06. The number of nitrogen functional groups attached to an aromatic ring is 1. The van der Waals surface area contributed by atoms with Gasteiger partial charge in [0.1, 0.15) is 11.0 Å². The van der Waals surface area contributed by atoms with Crippen molar-refractivity contribution in [3.63, 3.8) is 0 Å². The van der Waals surface area contributed by atoms with Gasteiger partial charge in [-0.25, -0.2) is 4.98 Å². The van der Waals surface area contributed by atoms with Crippen LogP contribution in [0.3, 0.4) is 0 Å². The van der Waals surface area contributed by atoms with Crippen LogP contribution >= 0.6 is 11.6 Å². The maximum Gasteiger partial charge on any atom is 0.251 e. The minimum absolute atomic E-state index is 0.0671. The second kappa shape index (κ2) is 4.58. The molecule has 0 saturated carbocycles. The molecule has 1 unspecified atom stereocenters. The van der Waals surface area contributed by atoms with Crippen molar-refractivity contribution in [2.75, 3.05) is 12.3 Å². The number of carbonyl (C=O) groups is 2. The third-order valence-corrected chi connectivity index (χ3v) is 2.58. The summed E-state index contributed by atoms with van der Waals surface area (Å²) < 4.78 is 0. The van der Waals surface area contributed by atoms with E-state index in [1.165, 1.54) is 12.1 Å². The van der Waals surface area contributed by atoms with Crippen molar-refractivity contribution in [3.05, 3.63) is 22.8 Å². The highest BCUT2D eigenvalue weighted by molar-refractivity contribution is 6.29. The molecule has 1 aromatic heterocycles. The van der Waals surface area contributed by atoms with E-state index in [1.807, 2.05) is 0 Å². The Labute approximate surface area is 103 Å². The molecule has 1 aliphatic rings. The first-order chi connectivity index (χ1) is 8.04. The lowest BCUT2D eigenvalue weighted by molar-refractivity contribution is -0.119. The average Bonchev–Trinajstić information content (AvgIpc) is 2.62. The van der Waals surface area contributed by atoms with Gasteiger partial charge in [-0.05, 0) is 12.1 Å². The SMILES string of the molecule is Nc1cc(C(=O)NC2CNC(=O)C2)cc(Cl)n1. The Morgan fingerprint density at radius 3 is 2.94 bits per heavy atom. The van der Waals surface area contributed by atoms with Crippen molar-refractivity contribution in [1.29, 1.82) is 0 Å². The van der Waals surface area contributed by atoms with Gasteiger partial charge < -0.3 is 16.4 Å². The van der Waals surface area contributed by atoms with Crippen molar-refractivity contribution in [2.45, 2.75) is 12.5 Å². The van der Waals surface area contributed by atoms with E-state index in [1.54, 1.807) is 0 Å². The molecule has 0 aliphatic carbocycles. The molecular weight excluding hydrogens is 244 g/mol. The van der Waals surface area contributed by atoms with Crippen LogP contribution in [0.15, 0.2) is 12.1 Å². The van der Waals surface area contributed by atoms with Crippen LogP contribution in [-0.2, 0) is 4.79 Å². The summed E-state index contributed by atoms with van der Waals surface area (Å²) in [6.07, 6.45) is 0.292. The molecule has 7 heteroatoms. The van der Waals surface area contributed by atoms with E-state index in [9.17, 15) is 9.59 Å². The van der Waals surface area contributed by atoms with Crippen LogP contribution in [0.5, 0.6) is 0 Å². The summed E-state index contributed by atoms with van der Waals surface area (Å²) in [6.45, 7) is 0.443. The molecule has 90 valence electrons. The van der Waals surface area contributed by atoms with Gasteiger partial charge in [0.2, 0.25) is 5.91 Å². The summed E-state index contributed by atoms with van der Waals surface area (Å²) in [5, 5.41) is 5.51. The standard InChI is InChI=1S/C10H11ClN4O2/c11-7-1-5(2-8(12)15-7)10(17)14-6-3-9(16)13-4-6/h1-2,6H,3-4H2,(H2,12,15)(H,13,16)(H,14,17). The summed E-state index contributed by atoms with van der Waals surface area (Å²) in [5.41, 5.74) is 5.82. The van der Waals surface area contributed by atoms with Crippen LogP contribution in [0.4, 0.5) is 5.82 Å². The lowest BCUT2D eigenvalue weighted by Gasteiger charge is -2.10. The fourth-order valence-corrected chi connectivity index (χ4v) is 1.84. The predicted molar refractivity (Wildman–Crippen MR) is 62.5 cm³/mol. The summed E-state index contributed by atoms with van der Waals surface area (Å²) in [6, 6.07) is 2.67. The molecule has 17 heavy (non-hydrogen) atoms. The van der Waals surface area contributed by atoms with Gasteiger partial charge in [-0.3, -0.25) is 9.59 Å². The van der Waals surface area contributed by atoms with Gasteiger partial charge in [0.25, 0.3) is 5.91 Å². The van der Waals surface area contributed by atoms with Crippen molar-refractivity contribution >= 4 is 29.2 Å². The van der Waals surface area contributed by atoms with E-state index in [2.05, 4.69) is 15.6 Å². The molecule has 1 atom stereocenters. The first kappa shape index (κ1) is 11.7. The summed E-state index contributed by atoms with van der Waals surface area (Å²) in [7, 11) is 0. The molecule has 1 aliphatic heterocycles. The van der Waals surface area contributed by atoms with Gasteiger partial charge in [-0.1, -0.05) is 11.6 Å². The first-order valence-electron chi connectivity index (χ1n) is 5.05. The monoisotopic (exact) mass is 254 g/mol. The normalized spacial score (nSPS) is 18.9.